The molecule has 3 aliphatic rings. The molecule has 0 aromatic heterocycles. The number of ether oxygens (including phenoxy) is 4. The standard InChI is InChI=1S/C18H23NO5/c1-21-14-5-8-24-18(10-14)11-19(12-18)17(20)13-3-4-15-16(9-13)23-7-2-6-22-15/h3-4,9,14H,2,5-8,10-12H2,1H3/t14-/m0/s1. The molecule has 0 unspecified atom stereocenters. The van der Waals surface area contributed by atoms with Crippen molar-refractivity contribution in [2.45, 2.75) is 31.0 Å². The summed E-state index contributed by atoms with van der Waals surface area (Å²) in [4.78, 5) is 14.5. The minimum Gasteiger partial charge on any atom is -0.490 e. The molecule has 4 rings (SSSR count). The lowest BCUT2D eigenvalue weighted by Crippen LogP contribution is -2.67. The van der Waals surface area contributed by atoms with Crippen molar-refractivity contribution >= 4 is 5.91 Å². The second kappa shape index (κ2) is 6.26. The highest BCUT2D eigenvalue weighted by Gasteiger charge is 2.49. The largest absolute Gasteiger partial charge is 0.490 e. The summed E-state index contributed by atoms with van der Waals surface area (Å²) in [5.74, 6) is 1.38. The topological polar surface area (TPSA) is 57.2 Å². The lowest BCUT2D eigenvalue weighted by Gasteiger charge is -2.52. The van der Waals surface area contributed by atoms with E-state index in [0.717, 1.165) is 19.3 Å². The Kier molecular flexibility index (Phi) is 4.10. The van der Waals surface area contributed by atoms with Crippen molar-refractivity contribution in [2.75, 3.05) is 40.0 Å². The SMILES string of the molecule is CO[C@H]1CCOC2(C1)CN(C(=O)c1ccc3c(c1)OCCCO3)C2. The molecule has 1 aromatic carbocycles. The van der Waals surface area contributed by atoms with E-state index in [1.54, 1.807) is 19.2 Å². The highest BCUT2D eigenvalue weighted by atomic mass is 16.5. The fourth-order valence-corrected chi connectivity index (χ4v) is 3.68. The summed E-state index contributed by atoms with van der Waals surface area (Å²) < 4.78 is 22.7. The first kappa shape index (κ1) is 15.7. The van der Waals surface area contributed by atoms with E-state index in [-0.39, 0.29) is 17.6 Å². The van der Waals surface area contributed by atoms with Crippen LogP contribution in [0.5, 0.6) is 11.5 Å². The molecule has 1 atom stereocenters. The number of methoxy groups -OCH3 is 1. The number of hydrogen-bond donors (Lipinski definition) is 0. The quantitative estimate of drug-likeness (QED) is 0.827. The molecule has 3 aliphatic heterocycles. The van der Waals surface area contributed by atoms with Gasteiger partial charge in [-0.05, 0) is 24.6 Å². The maximum atomic E-state index is 12.7. The average Bonchev–Trinajstić information content (AvgIpc) is 2.83. The Hall–Kier alpha value is -1.79. The Bertz CT molecular complexity index is 626. The average molecular weight is 333 g/mol. The first-order valence-corrected chi connectivity index (χ1v) is 8.55. The zero-order chi connectivity index (χ0) is 16.6. The van der Waals surface area contributed by atoms with Gasteiger partial charge in [0, 0.05) is 32.1 Å². The summed E-state index contributed by atoms with van der Waals surface area (Å²) in [5, 5.41) is 0. The molecule has 0 aliphatic carbocycles. The van der Waals surface area contributed by atoms with Gasteiger partial charge in [-0.1, -0.05) is 0 Å². The van der Waals surface area contributed by atoms with Crippen LogP contribution in [0.2, 0.25) is 0 Å². The second-order valence-corrected chi connectivity index (χ2v) is 6.76. The van der Waals surface area contributed by atoms with Crippen molar-refractivity contribution < 1.29 is 23.7 Å². The Morgan fingerprint density at radius 3 is 2.79 bits per heavy atom. The molecule has 6 heteroatoms. The number of carbonyl (C=O) groups is 1. The molecule has 1 aromatic rings. The van der Waals surface area contributed by atoms with E-state index >= 15 is 0 Å². The molecule has 1 spiro atoms. The summed E-state index contributed by atoms with van der Waals surface area (Å²) in [6.07, 6.45) is 2.86. The van der Waals surface area contributed by atoms with Gasteiger partial charge in [-0.25, -0.2) is 0 Å². The molecule has 2 saturated heterocycles. The number of amides is 1. The van der Waals surface area contributed by atoms with Gasteiger partial charge in [-0.15, -0.1) is 0 Å². The number of likely N-dealkylation sites (tertiary alicyclic amines) is 1. The Morgan fingerprint density at radius 2 is 2.00 bits per heavy atom. The van der Waals surface area contributed by atoms with E-state index < -0.39 is 0 Å². The van der Waals surface area contributed by atoms with Gasteiger partial charge < -0.3 is 23.8 Å². The Balaban J connectivity index is 1.43. The lowest BCUT2D eigenvalue weighted by atomic mass is 9.84. The summed E-state index contributed by atoms with van der Waals surface area (Å²) >= 11 is 0. The predicted octanol–water partition coefficient (Wildman–Crippen LogP) is 1.87. The van der Waals surface area contributed by atoms with Gasteiger partial charge in [0.25, 0.3) is 5.91 Å². The Morgan fingerprint density at radius 1 is 1.21 bits per heavy atom. The van der Waals surface area contributed by atoms with E-state index in [2.05, 4.69) is 0 Å². The van der Waals surface area contributed by atoms with E-state index in [1.807, 2.05) is 11.0 Å². The van der Waals surface area contributed by atoms with Gasteiger partial charge in [0.15, 0.2) is 11.5 Å². The van der Waals surface area contributed by atoms with Gasteiger partial charge in [-0.3, -0.25) is 4.79 Å². The van der Waals surface area contributed by atoms with Crippen molar-refractivity contribution in [1.29, 1.82) is 0 Å². The molecule has 0 N–H and O–H groups in total. The summed E-state index contributed by atoms with van der Waals surface area (Å²) in [6.45, 7) is 3.21. The number of nitrogens with zero attached hydrogens (tertiary/aromatic N) is 1. The molecule has 24 heavy (non-hydrogen) atoms. The molecule has 6 nitrogen and oxygen atoms in total. The lowest BCUT2D eigenvalue weighted by molar-refractivity contribution is -0.181. The number of hydrogen-bond acceptors (Lipinski definition) is 5. The maximum absolute atomic E-state index is 12.7. The maximum Gasteiger partial charge on any atom is 0.254 e. The van der Waals surface area contributed by atoms with Crippen LogP contribution in [0, 0.1) is 0 Å². The van der Waals surface area contributed by atoms with Crippen LogP contribution < -0.4 is 9.47 Å². The van der Waals surface area contributed by atoms with Crippen LogP contribution in [0.4, 0.5) is 0 Å². The van der Waals surface area contributed by atoms with E-state index in [0.29, 0.717) is 50.0 Å². The third-order valence-corrected chi connectivity index (χ3v) is 5.02. The third kappa shape index (κ3) is 2.84. The van der Waals surface area contributed by atoms with Gasteiger partial charge in [0.05, 0.1) is 32.4 Å². The van der Waals surface area contributed by atoms with Crippen LogP contribution in [0.25, 0.3) is 0 Å². The van der Waals surface area contributed by atoms with E-state index in [9.17, 15) is 4.79 Å². The number of rotatable bonds is 2. The highest BCUT2D eigenvalue weighted by Crippen LogP contribution is 2.37. The molecule has 0 bridgehead atoms. The van der Waals surface area contributed by atoms with Crippen molar-refractivity contribution in [3.05, 3.63) is 23.8 Å². The van der Waals surface area contributed by atoms with Crippen LogP contribution in [-0.4, -0.2) is 62.5 Å². The normalized spacial score (nSPS) is 25.0. The molecular formula is C18H23NO5. The summed E-state index contributed by atoms with van der Waals surface area (Å²) in [5.41, 5.74) is 0.410. The minimum absolute atomic E-state index is 0.0133. The zero-order valence-electron chi connectivity index (χ0n) is 14.0. The fraction of sp³-hybridized carbons (Fsp3) is 0.611. The van der Waals surface area contributed by atoms with Crippen molar-refractivity contribution in [1.82, 2.24) is 4.90 Å². The predicted molar refractivity (Wildman–Crippen MR) is 86.7 cm³/mol. The molecule has 0 radical (unpaired) electrons. The minimum atomic E-state index is -0.222. The van der Waals surface area contributed by atoms with Gasteiger partial charge in [0.1, 0.15) is 5.60 Å². The van der Waals surface area contributed by atoms with Gasteiger partial charge >= 0.3 is 0 Å². The van der Waals surface area contributed by atoms with Crippen LogP contribution in [0.15, 0.2) is 18.2 Å². The zero-order valence-corrected chi connectivity index (χ0v) is 14.0. The van der Waals surface area contributed by atoms with Gasteiger partial charge in [0.2, 0.25) is 0 Å². The summed E-state index contributed by atoms with van der Waals surface area (Å²) in [7, 11) is 1.74. The Labute approximate surface area is 141 Å². The second-order valence-electron chi connectivity index (χ2n) is 6.76. The van der Waals surface area contributed by atoms with Crippen LogP contribution >= 0.6 is 0 Å². The highest BCUT2D eigenvalue weighted by molar-refractivity contribution is 5.95. The van der Waals surface area contributed by atoms with Gasteiger partial charge in [-0.2, -0.15) is 0 Å². The molecular weight excluding hydrogens is 310 g/mol. The molecule has 0 saturated carbocycles. The number of benzene rings is 1. The van der Waals surface area contributed by atoms with E-state index in [1.165, 1.54) is 0 Å². The first-order valence-electron chi connectivity index (χ1n) is 8.55. The fourth-order valence-electron chi connectivity index (χ4n) is 3.68. The molecule has 1 amide bonds. The van der Waals surface area contributed by atoms with Crippen LogP contribution in [0.1, 0.15) is 29.6 Å². The molecule has 3 heterocycles. The number of carbonyl (C=O) groups excluding carboxylic acids is 1. The molecule has 130 valence electrons. The smallest absolute Gasteiger partial charge is 0.254 e. The first-order chi connectivity index (χ1) is 11.7. The van der Waals surface area contributed by atoms with Crippen molar-refractivity contribution in [2.24, 2.45) is 0 Å². The van der Waals surface area contributed by atoms with Crippen molar-refractivity contribution in [3.63, 3.8) is 0 Å². The van der Waals surface area contributed by atoms with Crippen LogP contribution in [0.3, 0.4) is 0 Å². The van der Waals surface area contributed by atoms with Crippen molar-refractivity contribution in [3.8, 4) is 11.5 Å². The van der Waals surface area contributed by atoms with E-state index in [4.69, 9.17) is 18.9 Å². The third-order valence-electron chi connectivity index (χ3n) is 5.02. The molecule has 2 fully saturated rings. The number of fused-ring (bicyclic) bond motifs is 1. The summed E-state index contributed by atoms with van der Waals surface area (Å²) in [6, 6.07) is 5.41. The monoisotopic (exact) mass is 333 g/mol. The van der Waals surface area contributed by atoms with Crippen LogP contribution in [-0.2, 0) is 9.47 Å².